The number of amides is 1. The van der Waals surface area contributed by atoms with Crippen LogP contribution in [-0.2, 0) is 10.2 Å². The van der Waals surface area contributed by atoms with E-state index in [4.69, 9.17) is 5.73 Å². The molecule has 3 nitrogen and oxygen atoms in total. The molecule has 1 unspecified atom stereocenters. The number of benzene rings is 1. The molecular formula is C19H27FN2O. The Hall–Kier alpha value is -1.42. The van der Waals surface area contributed by atoms with E-state index in [0.29, 0.717) is 6.54 Å². The van der Waals surface area contributed by atoms with Crippen molar-refractivity contribution < 1.29 is 9.18 Å². The summed E-state index contributed by atoms with van der Waals surface area (Å²) in [5.74, 6) is -0.0755. The minimum atomic E-state index is -0.541. The zero-order valence-corrected chi connectivity index (χ0v) is 14.0. The smallest absolute Gasteiger partial charge is 0.233 e. The zero-order valence-electron chi connectivity index (χ0n) is 14.0. The van der Waals surface area contributed by atoms with Crippen molar-refractivity contribution in [2.75, 3.05) is 19.6 Å². The van der Waals surface area contributed by atoms with Gasteiger partial charge in [-0.25, -0.2) is 4.39 Å². The number of carbonyl (C=O) groups is 1. The van der Waals surface area contributed by atoms with Gasteiger partial charge in [0, 0.05) is 13.1 Å². The van der Waals surface area contributed by atoms with Crippen molar-refractivity contribution in [2.45, 2.75) is 50.9 Å². The molecule has 2 aliphatic rings. The van der Waals surface area contributed by atoms with Crippen LogP contribution in [0.4, 0.5) is 4.39 Å². The third kappa shape index (κ3) is 3.01. The average molecular weight is 318 g/mol. The van der Waals surface area contributed by atoms with E-state index in [1.807, 2.05) is 11.0 Å². The van der Waals surface area contributed by atoms with Gasteiger partial charge in [-0.3, -0.25) is 4.79 Å². The molecule has 1 aliphatic heterocycles. The number of carbonyl (C=O) groups excluding carboxylic acids is 1. The lowest BCUT2D eigenvalue weighted by Gasteiger charge is -2.39. The van der Waals surface area contributed by atoms with Crippen LogP contribution in [0.2, 0.25) is 0 Å². The van der Waals surface area contributed by atoms with Crippen molar-refractivity contribution in [3.05, 3.63) is 35.6 Å². The van der Waals surface area contributed by atoms with Crippen molar-refractivity contribution in [1.29, 1.82) is 0 Å². The van der Waals surface area contributed by atoms with Crippen LogP contribution in [0.1, 0.15) is 51.0 Å². The van der Waals surface area contributed by atoms with E-state index in [-0.39, 0.29) is 17.1 Å². The molecule has 0 spiro atoms. The molecule has 1 saturated heterocycles. The molecule has 0 bridgehead atoms. The summed E-state index contributed by atoms with van der Waals surface area (Å²) in [4.78, 5) is 15.4. The van der Waals surface area contributed by atoms with Crippen LogP contribution in [0, 0.1) is 11.2 Å². The Morgan fingerprint density at radius 1 is 1.26 bits per heavy atom. The van der Waals surface area contributed by atoms with Crippen LogP contribution >= 0.6 is 0 Å². The summed E-state index contributed by atoms with van der Waals surface area (Å²) in [6.07, 6.45) is 5.82. The molecule has 0 radical (unpaired) electrons. The highest BCUT2D eigenvalue weighted by Gasteiger charge is 2.46. The maximum absolute atomic E-state index is 13.8. The van der Waals surface area contributed by atoms with Gasteiger partial charge in [0.15, 0.2) is 0 Å². The van der Waals surface area contributed by atoms with Crippen LogP contribution in [-0.4, -0.2) is 30.4 Å². The van der Waals surface area contributed by atoms with Gasteiger partial charge in [0.05, 0.1) is 5.41 Å². The summed E-state index contributed by atoms with van der Waals surface area (Å²) in [7, 11) is 0. The zero-order chi connectivity index (χ0) is 16.5. The Kier molecular flexibility index (Phi) is 4.45. The quantitative estimate of drug-likeness (QED) is 0.930. The highest BCUT2D eigenvalue weighted by molar-refractivity contribution is 5.88. The van der Waals surface area contributed by atoms with Gasteiger partial charge < -0.3 is 10.6 Å². The Morgan fingerprint density at radius 3 is 2.61 bits per heavy atom. The van der Waals surface area contributed by atoms with E-state index in [1.54, 1.807) is 12.1 Å². The van der Waals surface area contributed by atoms with E-state index < -0.39 is 5.41 Å². The summed E-state index contributed by atoms with van der Waals surface area (Å²) < 4.78 is 13.8. The summed E-state index contributed by atoms with van der Waals surface area (Å²) >= 11 is 0. The van der Waals surface area contributed by atoms with E-state index >= 15 is 0 Å². The van der Waals surface area contributed by atoms with Crippen LogP contribution in [0.15, 0.2) is 24.3 Å². The number of hydrogen-bond donors (Lipinski definition) is 1. The van der Waals surface area contributed by atoms with Crippen LogP contribution in [0.25, 0.3) is 0 Å². The lowest BCUT2D eigenvalue weighted by molar-refractivity contribution is -0.138. The minimum Gasteiger partial charge on any atom is -0.341 e. The van der Waals surface area contributed by atoms with E-state index in [2.05, 4.69) is 6.92 Å². The van der Waals surface area contributed by atoms with Gasteiger partial charge >= 0.3 is 0 Å². The Balaban J connectivity index is 1.92. The fourth-order valence-corrected chi connectivity index (χ4v) is 4.23. The molecule has 23 heavy (non-hydrogen) atoms. The largest absolute Gasteiger partial charge is 0.341 e. The van der Waals surface area contributed by atoms with Crippen molar-refractivity contribution in [3.63, 3.8) is 0 Å². The molecule has 126 valence electrons. The highest BCUT2D eigenvalue weighted by Crippen LogP contribution is 2.43. The van der Waals surface area contributed by atoms with Gasteiger partial charge in [0.2, 0.25) is 5.91 Å². The maximum atomic E-state index is 13.8. The fourth-order valence-electron chi connectivity index (χ4n) is 4.23. The van der Waals surface area contributed by atoms with Gasteiger partial charge in [0.1, 0.15) is 5.82 Å². The highest BCUT2D eigenvalue weighted by atomic mass is 19.1. The summed E-state index contributed by atoms with van der Waals surface area (Å²) in [6.45, 7) is 4.24. The number of hydrogen-bond acceptors (Lipinski definition) is 2. The molecule has 0 aromatic heterocycles. The molecule has 1 saturated carbocycles. The van der Waals surface area contributed by atoms with Gasteiger partial charge in [-0.2, -0.15) is 0 Å². The maximum Gasteiger partial charge on any atom is 0.233 e. The molecule has 2 N–H and O–H groups in total. The molecule has 2 fully saturated rings. The number of halogens is 1. The van der Waals surface area contributed by atoms with Crippen LogP contribution < -0.4 is 5.73 Å². The standard InChI is InChI=1S/C19H27FN2O/c1-18(13-21)10-11-22(14-18)17(23)19(8-3-2-4-9-19)15-6-5-7-16(20)12-15/h5-7,12H,2-4,8-11,13-14,21H2,1H3. The summed E-state index contributed by atoms with van der Waals surface area (Å²) in [5.41, 5.74) is 6.22. The van der Waals surface area contributed by atoms with Crippen molar-refractivity contribution in [2.24, 2.45) is 11.1 Å². The van der Waals surface area contributed by atoms with E-state index in [1.165, 1.54) is 6.07 Å². The van der Waals surface area contributed by atoms with E-state index in [0.717, 1.165) is 57.2 Å². The van der Waals surface area contributed by atoms with Crippen LogP contribution in [0.3, 0.4) is 0 Å². The second-order valence-electron chi connectivity index (χ2n) is 7.64. The third-order valence-corrected chi connectivity index (χ3v) is 5.83. The molecule has 3 rings (SSSR count). The average Bonchev–Trinajstić information content (AvgIpc) is 2.98. The van der Waals surface area contributed by atoms with Gasteiger partial charge in [-0.05, 0) is 48.9 Å². The normalized spacial score (nSPS) is 27.2. The predicted molar refractivity (Wildman–Crippen MR) is 89.5 cm³/mol. The molecule has 1 aromatic rings. The number of nitrogens with two attached hydrogens (primary N) is 1. The van der Waals surface area contributed by atoms with E-state index in [9.17, 15) is 9.18 Å². The summed E-state index contributed by atoms with van der Waals surface area (Å²) in [5, 5.41) is 0. The molecule has 4 heteroatoms. The Labute approximate surface area is 138 Å². The Morgan fingerprint density at radius 2 is 2.00 bits per heavy atom. The first-order chi connectivity index (χ1) is 11.0. The number of likely N-dealkylation sites (tertiary alicyclic amines) is 1. The van der Waals surface area contributed by atoms with Crippen molar-refractivity contribution >= 4 is 5.91 Å². The number of nitrogens with zero attached hydrogens (tertiary/aromatic N) is 1. The topological polar surface area (TPSA) is 46.3 Å². The van der Waals surface area contributed by atoms with Crippen molar-refractivity contribution in [3.8, 4) is 0 Å². The lowest BCUT2D eigenvalue weighted by Crippen LogP contribution is -2.48. The summed E-state index contributed by atoms with van der Waals surface area (Å²) in [6, 6.07) is 6.65. The molecule has 1 aromatic carbocycles. The molecule has 1 heterocycles. The molecule has 1 amide bonds. The van der Waals surface area contributed by atoms with Crippen LogP contribution in [0.5, 0.6) is 0 Å². The molecule has 1 atom stereocenters. The second kappa shape index (κ2) is 6.23. The second-order valence-corrected chi connectivity index (χ2v) is 7.64. The molecule has 1 aliphatic carbocycles. The third-order valence-electron chi connectivity index (χ3n) is 5.83. The first-order valence-electron chi connectivity index (χ1n) is 8.75. The lowest BCUT2D eigenvalue weighted by atomic mass is 9.68. The first kappa shape index (κ1) is 16.4. The SMILES string of the molecule is CC1(CN)CCN(C(=O)C2(c3cccc(F)c3)CCCCC2)C1. The first-order valence-corrected chi connectivity index (χ1v) is 8.75. The predicted octanol–water partition coefficient (Wildman–Crippen LogP) is 3.22. The van der Waals surface area contributed by atoms with Gasteiger partial charge in [0.25, 0.3) is 0 Å². The van der Waals surface area contributed by atoms with Gasteiger partial charge in [-0.15, -0.1) is 0 Å². The molecular weight excluding hydrogens is 291 g/mol. The minimum absolute atomic E-state index is 0.0213. The fraction of sp³-hybridized carbons (Fsp3) is 0.632. The van der Waals surface area contributed by atoms with Crippen molar-refractivity contribution in [1.82, 2.24) is 4.90 Å². The van der Waals surface area contributed by atoms with Gasteiger partial charge in [-0.1, -0.05) is 38.3 Å². The monoisotopic (exact) mass is 318 g/mol. The Bertz CT molecular complexity index is 582. The number of rotatable bonds is 3.